The van der Waals surface area contributed by atoms with Crippen LogP contribution in [-0.4, -0.2) is 31.2 Å². The molecule has 6 nitrogen and oxygen atoms in total. The van der Waals surface area contributed by atoms with Crippen molar-refractivity contribution in [3.8, 4) is 0 Å². The Hall–Kier alpha value is -3.07. The molecule has 0 spiro atoms. The minimum absolute atomic E-state index is 0.00603. The third-order valence-electron chi connectivity index (χ3n) is 8.93. The third kappa shape index (κ3) is 8.14. The van der Waals surface area contributed by atoms with Gasteiger partial charge in [0.05, 0.1) is 17.0 Å². The molecule has 0 heterocycles. The molecule has 5 rings (SSSR count). The van der Waals surface area contributed by atoms with Crippen molar-refractivity contribution < 1.29 is 17.6 Å². The molecule has 2 aliphatic rings. The van der Waals surface area contributed by atoms with E-state index in [1.54, 1.807) is 42.5 Å². The van der Waals surface area contributed by atoms with Crippen LogP contribution in [0.25, 0.3) is 0 Å². The van der Waals surface area contributed by atoms with Crippen LogP contribution in [0.4, 0.5) is 4.39 Å². The quantitative estimate of drug-likeness (QED) is 0.224. The first-order valence-electron chi connectivity index (χ1n) is 16.2. The van der Waals surface area contributed by atoms with Crippen LogP contribution in [0.3, 0.4) is 0 Å². The number of carbonyl (C=O) groups excluding carboxylic acids is 1. The van der Waals surface area contributed by atoms with E-state index in [1.165, 1.54) is 59.7 Å². The Morgan fingerprint density at radius 1 is 0.932 bits per heavy atom. The van der Waals surface area contributed by atoms with Gasteiger partial charge in [0.25, 0.3) is 0 Å². The molecule has 0 aromatic heterocycles. The number of amides is 1. The number of fused-ring (bicyclic) bond motifs is 1. The minimum atomic E-state index is -3.95. The molecule has 2 unspecified atom stereocenters. The fraction of sp³-hybridized carbons (Fsp3) is 0.472. The van der Waals surface area contributed by atoms with Gasteiger partial charge in [0.2, 0.25) is 15.9 Å². The Balaban J connectivity index is 1.35. The summed E-state index contributed by atoms with van der Waals surface area (Å²) in [6, 6.07) is 20.4. The molecule has 44 heavy (non-hydrogen) atoms. The molecule has 3 aromatic carbocycles. The summed E-state index contributed by atoms with van der Waals surface area (Å²) >= 11 is 0. The van der Waals surface area contributed by atoms with Gasteiger partial charge in [-0.1, -0.05) is 81.6 Å². The molecule has 0 saturated heterocycles. The lowest BCUT2D eigenvalue weighted by Gasteiger charge is -2.33. The monoisotopic (exact) mass is 619 g/mol. The van der Waals surface area contributed by atoms with Crippen LogP contribution in [0.15, 0.2) is 77.7 Å². The van der Waals surface area contributed by atoms with E-state index in [0.717, 1.165) is 31.4 Å². The van der Waals surface area contributed by atoms with Gasteiger partial charge in [-0.3, -0.25) is 4.79 Å². The largest absolute Gasteiger partial charge is 0.349 e. The third-order valence-corrected chi connectivity index (χ3v) is 10.8. The average Bonchev–Trinajstić information content (AvgIpc) is 3.03. The molecular formula is C36H46FN3O3S. The van der Waals surface area contributed by atoms with E-state index in [-0.39, 0.29) is 35.7 Å². The van der Waals surface area contributed by atoms with Crippen LogP contribution < -0.4 is 10.6 Å². The standard InChI is InChI=1S/C36H46FN3O3S/c1-26(2)25-40(44(42,43)32-13-7-4-8-14-32)35(28-17-19-30(37)20-18-28)23-36(41)39-34-15-9-10-29-22-27(16-21-33(29)34)24-38-31-11-5-3-6-12-31/h4,7-8,13-14,16-22,26,31,34-35,38H,3,5-6,9-12,15,23-25H2,1-2H3,(H,39,41). The highest BCUT2D eigenvalue weighted by molar-refractivity contribution is 7.89. The number of aryl methyl sites for hydroxylation is 1. The van der Waals surface area contributed by atoms with Crippen LogP contribution in [0.5, 0.6) is 0 Å². The van der Waals surface area contributed by atoms with E-state index >= 15 is 0 Å². The SMILES string of the molecule is CC(C)CN(C(CC(=O)NC1CCCc2cc(CNC3CCCCC3)ccc21)c1ccc(F)cc1)S(=O)(=O)c1ccccc1. The summed E-state index contributed by atoms with van der Waals surface area (Å²) < 4.78 is 43.3. The molecule has 2 aliphatic carbocycles. The number of nitrogens with zero attached hydrogens (tertiary/aromatic N) is 1. The number of rotatable bonds is 12. The molecule has 0 radical (unpaired) electrons. The zero-order valence-corrected chi connectivity index (χ0v) is 26.8. The van der Waals surface area contributed by atoms with Crippen molar-refractivity contribution in [2.45, 2.75) is 101 Å². The lowest BCUT2D eigenvalue weighted by Crippen LogP contribution is -2.41. The van der Waals surface area contributed by atoms with Gasteiger partial charge >= 0.3 is 0 Å². The first-order chi connectivity index (χ1) is 21.2. The maximum Gasteiger partial charge on any atom is 0.243 e. The summed E-state index contributed by atoms with van der Waals surface area (Å²) in [4.78, 5) is 13.9. The van der Waals surface area contributed by atoms with Crippen molar-refractivity contribution >= 4 is 15.9 Å². The Morgan fingerprint density at radius 3 is 2.36 bits per heavy atom. The van der Waals surface area contributed by atoms with Gasteiger partial charge in [-0.2, -0.15) is 4.31 Å². The summed E-state index contributed by atoms with van der Waals surface area (Å²) in [7, 11) is -3.95. The Labute approximate surface area is 262 Å². The van der Waals surface area contributed by atoms with Gasteiger partial charge in [-0.25, -0.2) is 12.8 Å². The van der Waals surface area contributed by atoms with Gasteiger partial charge in [0.1, 0.15) is 5.82 Å². The number of hydrogen-bond donors (Lipinski definition) is 2. The number of nitrogens with one attached hydrogen (secondary N) is 2. The molecule has 0 bridgehead atoms. The lowest BCUT2D eigenvalue weighted by molar-refractivity contribution is -0.122. The van der Waals surface area contributed by atoms with Gasteiger partial charge in [0, 0.05) is 25.6 Å². The van der Waals surface area contributed by atoms with Crippen molar-refractivity contribution in [3.63, 3.8) is 0 Å². The maximum absolute atomic E-state index is 14.0. The summed E-state index contributed by atoms with van der Waals surface area (Å²) in [5, 5.41) is 6.97. The molecule has 1 fully saturated rings. The highest BCUT2D eigenvalue weighted by atomic mass is 32.2. The highest BCUT2D eigenvalue weighted by Crippen LogP contribution is 2.34. The molecule has 1 saturated carbocycles. The number of benzene rings is 3. The lowest BCUT2D eigenvalue weighted by atomic mass is 9.86. The normalized spacial score (nSPS) is 18.2. The molecule has 3 aromatic rings. The fourth-order valence-corrected chi connectivity index (χ4v) is 8.47. The van der Waals surface area contributed by atoms with Crippen LogP contribution in [0.1, 0.15) is 99.6 Å². The van der Waals surface area contributed by atoms with E-state index in [1.807, 2.05) is 13.8 Å². The first-order valence-corrected chi connectivity index (χ1v) is 17.6. The van der Waals surface area contributed by atoms with Gasteiger partial charge < -0.3 is 10.6 Å². The molecule has 1 amide bonds. The smallest absolute Gasteiger partial charge is 0.243 e. The number of sulfonamides is 1. The topological polar surface area (TPSA) is 78.5 Å². The maximum atomic E-state index is 14.0. The highest BCUT2D eigenvalue weighted by Gasteiger charge is 2.35. The van der Waals surface area contributed by atoms with Crippen molar-refractivity contribution in [2.24, 2.45) is 5.92 Å². The second kappa shape index (κ2) is 14.8. The van der Waals surface area contributed by atoms with Crippen molar-refractivity contribution in [3.05, 3.63) is 101 Å². The first kappa shape index (κ1) is 32.3. The molecular weight excluding hydrogens is 573 g/mol. The molecule has 2 N–H and O–H groups in total. The summed E-state index contributed by atoms with van der Waals surface area (Å²) in [5.41, 5.74) is 4.27. The average molecular weight is 620 g/mol. The summed E-state index contributed by atoms with van der Waals surface area (Å²) in [6.45, 7) is 4.98. The minimum Gasteiger partial charge on any atom is -0.349 e. The molecule has 2 atom stereocenters. The van der Waals surface area contributed by atoms with E-state index in [0.29, 0.717) is 11.6 Å². The predicted molar refractivity (Wildman–Crippen MR) is 173 cm³/mol. The summed E-state index contributed by atoms with van der Waals surface area (Å²) in [5.74, 6) is -0.630. The number of hydrogen-bond acceptors (Lipinski definition) is 4. The van der Waals surface area contributed by atoms with E-state index in [4.69, 9.17) is 0 Å². The van der Waals surface area contributed by atoms with Crippen molar-refractivity contribution in [1.29, 1.82) is 0 Å². The molecule has 8 heteroatoms. The fourth-order valence-electron chi connectivity index (χ4n) is 6.68. The van der Waals surface area contributed by atoms with Crippen LogP contribution >= 0.6 is 0 Å². The van der Waals surface area contributed by atoms with Crippen molar-refractivity contribution in [2.75, 3.05) is 6.54 Å². The van der Waals surface area contributed by atoms with E-state index < -0.39 is 21.9 Å². The second-order valence-electron chi connectivity index (χ2n) is 12.8. The van der Waals surface area contributed by atoms with E-state index in [9.17, 15) is 17.6 Å². The zero-order valence-electron chi connectivity index (χ0n) is 26.0. The number of carbonyl (C=O) groups is 1. The Morgan fingerprint density at radius 2 is 1.66 bits per heavy atom. The van der Waals surface area contributed by atoms with Crippen LogP contribution in [0.2, 0.25) is 0 Å². The Kier molecular flexibility index (Phi) is 10.9. The second-order valence-corrected chi connectivity index (χ2v) is 14.7. The van der Waals surface area contributed by atoms with Crippen LogP contribution in [0, 0.1) is 11.7 Å². The molecule has 236 valence electrons. The Bertz CT molecular complexity index is 1490. The van der Waals surface area contributed by atoms with Crippen LogP contribution in [-0.2, 0) is 27.8 Å². The predicted octanol–water partition coefficient (Wildman–Crippen LogP) is 7.22. The van der Waals surface area contributed by atoms with Gasteiger partial charge in [-0.15, -0.1) is 0 Å². The van der Waals surface area contributed by atoms with Crippen molar-refractivity contribution in [1.82, 2.24) is 14.9 Å². The zero-order chi connectivity index (χ0) is 31.1. The number of halogens is 1. The van der Waals surface area contributed by atoms with E-state index in [2.05, 4.69) is 28.8 Å². The summed E-state index contributed by atoms with van der Waals surface area (Å²) in [6.07, 6.45) is 9.16. The molecule has 0 aliphatic heterocycles. The van der Waals surface area contributed by atoms with Gasteiger partial charge in [-0.05, 0) is 84.5 Å². The van der Waals surface area contributed by atoms with Gasteiger partial charge in [0.15, 0.2) is 0 Å².